The van der Waals surface area contributed by atoms with E-state index in [1.54, 1.807) is 11.8 Å². The van der Waals surface area contributed by atoms with Crippen LogP contribution in [-0.4, -0.2) is 36.5 Å². The topological polar surface area (TPSA) is 46.6 Å². The van der Waals surface area contributed by atoms with Crippen molar-refractivity contribution in [3.05, 3.63) is 0 Å². The molecule has 0 fully saturated rings. The van der Waals surface area contributed by atoms with Gasteiger partial charge in [-0.15, -0.1) is 6.42 Å². The zero-order valence-corrected chi connectivity index (χ0v) is 9.99. The minimum Gasteiger partial charge on any atom is -0.466 e. The second kappa shape index (κ2) is 8.78. The Morgan fingerprint density at radius 1 is 1.31 bits per heavy atom. The fourth-order valence-electron chi connectivity index (χ4n) is 1.27. The summed E-state index contributed by atoms with van der Waals surface area (Å²) in [5, 5.41) is 0. The van der Waals surface area contributed by atoms with E-state index in [1.807, 2.05) is 6.92 Å². The van der Waals surface area contributed by atoms with Gasteiger partial charge in [0.1, 0.15) is 0 Å². The van der Waals surface area contributed by atoms with Crippen LogP contribution in [0.5, 0.6) is 0 Å². The SMILES string of the molecule is C#CCN(CCC)C(=O)CCC(=O)OCC. The first-order valence-corrected chi connectivity index (χ1v) is 5.52. The standard InChI is InChI=1S/C12H19NO3/c1-4-9-13(10-5-2)11(14)7-8-12(15)16-6-3/h1H,5-10H2,2-3H3. The molecule has 0 heterocycles. The number of terminal acetylenes is 1. The summed E-state index contributed by atoms with van der Waals surface area (Å²) in [7, 11) is 0. The molecule has 0 aliphatic heterocycles. The van der Waals surface area contributed by atoms with E-state index in [1.165, 1.54) is 0 Å². The van der Waals surface area contributed by atoms with Crippen LogP contribution in [0.1, 0.15) is 33.1 Å². The van der Waals surface area contributed by atoms with Crippen LogP contribution in [0.3, 0.4) is 0 Å². The lowest BCUT2D eigenvalue weighted by Crippen LogP contribution is -2.32. The predicted molar refractivity (Wildman–Crippen MR) is 61.6 cm³/mol. The molecule has 0 aromatic rings. The first-order valence-electron chi connectivity index (χ1n) is 5.52. The van der Waals surface area contributed by atoms with Crippen LogP contribution in [0.2, 0.25) is 0 Å². The highest BCUT2D eigenvalue weighted by atomic mass is 16.5. The molecule has 0 radical (unpaired) electrons. The van der Waals surface area contributed by atoms with Crippen molar-refractivity contribution in [3.8, 4) is 12.3 Å². The molecule has 0 saturated carbocycles. The van der Waals surface area contributed by atoms with Gasteiger partial charge in [0.15, 0.2) is 0 Å². The zero-order chi connectivity index (χ0) is 12.4. The smallest absolute Gasteiger partial charge is 0.306 e. The van der Waals surface area contributed by atoms with Gasteiger partial charge in [-0.3, -0.25) is 9.59 Å². The van der Waals surface area contributed by atoms with Gasteiger partial charge in [-0.05, 0) is 13.3 Å². The predicted octanol–water partition coefficient (Wildman–Crippen LogP) is 1.20. The minimum atomic E-state index is -0.340. The van der Waals surface area contributed by atoms with E-state index in [4.69, 9.17) is 11.2 Å². The number of carbonyl (C=O) groups is 2. The maximum absolute atomic E-state index is 11.7. The molecule has 0 unspecified atom stereocenters. The highest BCUT2D eigenvalue weighted by Crippen LogP contribution is 2.00. The van der Waals surface area contributed by atoms with Crippen LogP contribution in [-0.2, 0) is 14.3 Å². The van der Waals surface area contributed by atoms with Gasteiger partial charge < -0.3 is 9.64 Å². The molecular formula is C12H19NO3. The van der Waals surface area contributed by atoms with Crippen LogP contribution in [0, 0.1) is 12.3 Å². The molecule has 0 aliphatic carbocycles. The van der Waals surface area contributed by atoms with E-state index in [0.29, 0.717) is 19.7 Å². The molecule has 0 aromatic carbocycles. The maximum atomic E-state index is 11.7. The third kappa shape index (κ3) is 6.07. The molecule has 0 rings (SSSR count). The van der Waals surface area contributed by atoms with Gasteiger partial charge in [-0.1, -0.05) is 12.8 Å². The molecule has 0 spiro atoms. The first kappa shape index (κ1) is 14.5. The number of rotatable bonds is 7. The normalized spacial score (nSPS) is 9.31. The molecule has 4 nitrogen and oxygen atoms in total. The van der Waals surface area contributed by atoms with Crippen molar-refractivity contribution < 1.29 is 14.3 Å². The Balaban J connectivity index is 4.01. The molecular weight excluding hydrogens is 206 g/mol. The summed E-state index contributed by atoms with van der Waals surface area (Å²) in [5.41, 5.74) is 0. The van der Waals surface area contributed by atoms with Gasteiger partial charge in [0.25, 0.3) is 0 Å². The summed E-state index contributed by atoms with van der Waals surface area (Å²) in [5.74, 6) is 2.01. The Bertz CT molecular complexity index is 268. The lowest BCUT2D eigenvalue weighted by molar-refractivity contribution is -0.145. The summed E-state index contributed by atoms with van der Waals surface area (Å²) in [6, 6.07) is 0. The van der Waals surface area contributed by atoms with Gasteiger partial charge in [0, 0.05) is 13.0 Å². The average molecular weight is 225 g/mol. The van der Waals surface area contributed by atoms with Gasteiger partial charge >= 0.3 is 5.97 Å². The van der Waals surface area contributed by atoms with E-state index in [0.717, 1.165) is 6.42 Å². The number of hydrogen-bond acceptors (Lipinski definition) is 3. The summed E-state index contributed by atoms with van der Waals surface area (Å²) in [6.45, 7) is 4.99. The second-order valence-corrected chi connectivity index (χ2v) is 3.32. The van der Waals surface area contributed by atoms with Crippen LogP contribution in [0.15, 0.2) is 0 Å². The van der Waals surface area contributed by atoms with Gasteiger partial charge in [-0.25, -0.2) is 0 Å². The zero-order valence-electron chi connectivity index (χ0n) is 9.99. The molecule has 0 N–H and O–H groups in total. The van der Waals surface area contributed by atoms with Gasteiger partial charge in [0.05, 0.1) is 19.6 Å². The summed E-state index contributed by atoms with van der Waals surface area (Å²) in [6.07, 6.45) is 6.31. The molecule has 4 heteroatoms. The molecule has 0 aliphatic rings. The second-order valence-electron chi connectivity index (χ2n) is 3.32. The van der Waals surface area contributed by atoms with Crippen molar-refractivity contribution in [1.82, 2.24) is 4.90 Å². The number of amides is 1. The number of nitrogens with zero attached hydrogens (tertiary/aromatic N) is 1. The minimum absolute atomic E-state index is 0.0900. The Morgan fingerprint density at radius 2 is 2.00 bits per heavy atom. The van der Waals surface area contributed by atoms with Crippen molar-refractivity contribution in [2.45, 2.75) is 33.1 Å². The van der Waals surface area contributed by atoms with E-state index in [2.05, 4.69) is 5.92 Å². The van der Waals surface area contributed by atoms with Crippen molar-refractivity contribution in [2.24, 2.45) is 0 Å². The van der Waals surface area contributed by atoms with Crippen molar-refractivity contribution in [1.29, 1.82) is 0 Å². The molecule has 0 aromatic heterocycles. The highest BCUT2D eigenvalue weighted by molar-refractivity contribution is 5.81. The van der Waals surface area contributed by atoms with Crippen molar-refractivity contribution in [3.63, 3.8) is 0 Å². The lowest BCUT2D eigenvalue weighted by Gasteiger charge is -2.18. The number of esters is 1. The summed E-state index contributed by atoms with van der Waals surface area (Å²) < 4.78 is 4.74. The fraction of sp³-hybridized carbons (Fsp3) is 0.667. The molecule has 0 atom stereocenters. The number of ether oxygens (including phenoxy) is 1. The quantitative estimate of drug-likeness (QED) is 0.483. The average Bonchev–Trinajstić information content (AvgIpc) is 2.26. The van der Waals surface area contributed by atoms with Crippen LogP contribution < -0.4 is 0 Å². The van der Waals surface area contributed by atoms with E-state index in [-0.39, 0.29) is 24.7 Å². The number of carbonyl (C=O) groups excluding carboxylic acids is 2. The largest absolute Gasteiger partial charge is 0.466 e. The van der Waals surface area contributed by atoms with E-state index in [9.17, 15) is 9.59 Å². The fourth-order valence-corrected chi connectivity index (χ4v) is 1.27. The summed E-state index contributed by atoms with van der Waals surface area (Å²) >= 11 is 0. The Morgan fingerprint density at radius 3 is 2.50 bits per heavy atom. The monoisotopic (exact) mass is 225 g/mol. The van der Waals surface area contributed by atoms with Crippen molar-refractivity contribution in [2.75, 3.05) is 19.7 Å². The lowest BCUT2D eigenvalue weighted by atomic mass is 10.2. The third-order valence-corrected chi connectivity index (χ3v) is 1.98. The Kier molecular flexibility index (Phi) is 7.96. The van der Waals surface area contributed by atoms with Crippen molar-refractivity contribution >= 4 is 11.9 Å². The van der Waals surface area contributed by atoms with Gasteiger partial charge in [0.2, 0.25) is 5.91 Å². The third-order valence-electron chi connectivity index (χ3n) is 1.98. The summed E-state index contributed by atoms with van der Waals surface area (Å²) in [4.78, 5) is 24.3. The molecule has 1 amide bonds. The molecule has 0 saturated heterocycles. The highest BCUT2D eigenvalue weighted by Gasteiger charge is 2.13. The van der Waals surface area contributed by atoms with E-state index < -0.39 is 0 Å². The maximum Gasteiger partial charge on any atom is 0.306 e. The first-order chi connectivity index (χ1) is 7.65. The molecule has 0 bridgehead atoms. The van der Waals surface area contributed by atoms with Gasteiger partial charge in [-0.2, -0.15) is 0 Å². The van der Waals surface area contributed by atoms with Crippen LogP contribution >= 0.6 is 0 Å². The van der Waals surface area contributed by atoms with E-state index >= 15 is 0 Å². The molecule has 90 valence electrons. The Labute approximate surface area is 96.9 Å². The Hall–Kier alpha value is -1.50. The van der Waals surface area contributed by atoms with Crippen LogP contribution in [0.4, 0.5) is 0 Å². The number of hydrogen-bond donors (Lipinski definition) is 0. The molecule has 16 heavy (non-hydrogen) atoms. The van der Waals surface area contributed by atoms with Crippen LogP contribution in [0.25, 0.3) is 0 Å².